The van der Waals surface area contributed by atoms with Crippen molar-refractivity contribution >= 4 is 34.1 Å². The summed E-state index contributed by atoms with van der Waals surface area (Å²) in [6.45, 7) is 0. The van der Waals surface area contributed by atoms with Gasteiger partial charge in [-0.1, -0.05) is 29.8 Å². The quantitative estimate of drug-likeness (QED) is 0.712. The molecule has 1 heterocycles. The van der Waals surface area contributed by atoms with Gasteiger partial charge >= 0.3 is 0 Å². The van der Waals surface area contributed by atoms with Crippen molar-refractivity contribution in [3.05, 3.63) is 59.8 Å². The fourth-order valence-corrected chi connectivity index (χ4v) is 1.91. The second-order valence-corrected chi connectivity index (χ2v) is 4.44. The molecule has 3 rings (SSSR count). The Morgan fingerprint density at radius 2 is 1.74 bits per heavy atom. The number of hydrogen-bond donors (Lipinski definition) is 2. The third-order valence-electron chi connectivity index (χ3n) is 2.61. The predicted molar refractivity (Wildman–Crippen MR) is 78.2 cm³/mol. The fourth-order valence-electron chi connectivity index (χ4n) is 1.72. The van der Waals surface area contributed by atoms with E-state index in [1.54, 1.807) is 6.20 Å². The Bertz CT molecular complexity index is 714. The van der Waals surface area contributed by atoms with Crippen molar-refractivity contribution in [2.45, 2.75) is 0 Å². The van der Waals surface area contributed by atoms with E-state index in [4.69, 9.17) is 11.6 Å². The first-order valence-corrected chi connectivity index (χ1v) is 6.18. The SMILES string of the molecule is Clc1cccc(NNc2cnc3ccccc3n2)c1. The summed E-state index contributed by atoms with van der Waals surface area (Å²) in [6, 6.07) is 15.2. The van der Waals surface area contributed by atoms with Crippen LogP contribution in [0, 0.1) is 0 Å². The van der Waals surface area contributed by atoms with Gasteiger partial charge in [-0.3, -0.25) is 15.8 Å². The first-order chi connectivity index (χ1) is 9.31. The van der Waals surface area contributed by atoms with Crippen LogP contribution < -0.4 is 10.9 Å². The molecule has 0 aliphatic rings. The van der Waals surface area contributed by atoms with Crippen molar-refractivity contribution in [2.75, 3.05) is 10.9 Å². The van der Waals surface area contributed by atoms with Crippen LogP contribution in [0.3, 0.4) is 0 Å². The summed E-state index contributed by atoms with van der Waals surface area (Å²) in [6.07, 6.45) is 1.68. The summed E-state index contributed by atoms with van der Waals surface area (Å²) in [7, 11) is 0. The molecular weight excluding hydrogens is 260 g/mol. The normalized spacial score (nSPS) is 10.4. The average molecular weight is 271 g/mol. The number of para-hydroxylation sites is 2. The standard InChI is InChI=1S/C14H11ClN4/c15-10-4-3-5-11(8-10)18-19-14-9-16-12-6-1-2-7-13(12)17-14/h1-9,18H,(H,17,19). The Balaban J connectivity index is 1.78. The van der Waals surface area contributed by atoms with Crippen molar-refractivity contribution in [3.63, 3.8) is 0 Å². The number of aromatic nitrogens is 2. The highest BCUT2D eigenvalue weighted by molar-refractivity contribution is 6.30. The maximum absolute atomic E-state index is 5.91. The van der Waals surface area contributed by atoms with Gasteiger partial charge in [0, 0.05) is 5.02 Å². The number of hydrogen-bond acceptors (Lipinski definition) is 4. The van der Waals surface area contributed by atoms with Crippen LogP contribution in [-0.2, 0) is 0 Å². The molecule has 5 heteroatoms. The van der Waals surface area contributed by atoms with E-state index in [1.807, 2.05) is 48.5 Å². The Hall–Kier alpha value is -2.33. The molecule has 94 valence electrons. The molecule has 0 atom stereocenters. The highest BCUT2D eigenvalue weighted by Gasteiger charge is 1.98. The summed E-state index contributed by atoms with van der Waals surface area (Å²) >= 11 is 5.91. The second kappa shape index (κ2) is 5.12. The monoisotopic (exact) mass is 270 g/mol. The smallest absolute Gasteiger partial charge is 0.163 e. The molecule has 0 amide bonds. The maximum Gasteiger partial charge on any atom is 0.163 e. The van der Waals surface area contributed by atoms with Gasteiger partial charge < -0.3 is 0 Å². The Labute approximate surface area is 115 Å². The number of anilines is 2. The van der Waals surface area contributed by atoms with Crippen LogP contribution in [0.25, 0.3) is 11.0 Å². The molecule has 0 bridgehead atoms. The Kier molecular flexibility index (Phi) is 3.16. The van der Waals surface area contributed by atoms with E-state index >= 15 is 0 Å². The van der Waals surface area contributed by atoms with Gasteiger partial charge in [-0.15, -0.1) is 0 Å². The lowest BCUT2D eigenvalue weighted by molar-refractivity contribution is 1.25. The Morgan fingerprint density at radius 1 is 0.895 bits per heavy atom. The molecule has 0 unspecified atom stereocenters. The molecule has 19 heavy (non-hydrogen) atoms. The molecule has 0 radical (unpaired) electrons. The van der Waals surface area contributed by atoms with Gasteiger partial charge in [0.15, 0.2) is 5.82 Å². The predicted octanol–water partition coefficient (Wildman–Crippen LogP) is 3.72. The zero-order chi connectivity index (χ0) is 13.1. The van der Waals surface area contributed by atoms with Crippen LogP contribution in [0.15, 0.2) is 54.7 Å². The number of nitrogens with one attached hydrogen (secondary N) is 2. The molecule has 2 aromatic carbocycles. The minimum atomic E-state index is 0.652. The molecule has 0 fully saturated rings. The van der Waals surface area contributed by atoms with E-state index in [0.29, 0.717) is 10.8 Å². The molecule has 1 aromatic heterocycles. The number of fused-ring (bicyclic) bond motifs is 1. The van der Waals surface area contributed by atoms with Crippen molar-refractivity contribution in [1.82, 2.24) is 9.97 Å². The van der Waals surface area contributed by atoms with Crippen molar-refractivity contribution in [2.24, 2.45) is 0 Å². The zero-order valence-corrected chi connectivity index (χ0v) is 10.7. The summed E-state index contributed by atoms with van der Waals surface area (Å²) < 4.78 is 0. The van der Waals surface area contributed by atoms with Crippen LogP contribution >= 0.6 is 11.6 Å². The van der Waals surface area contributed by atoms with Crippen LogP contribution in [0.4, 0.5) is 11.5 Å². The van der Waals surface area contributed by atoms with Gasteiger partial charge in [-0.05, 0) is 30.3 Å². The largest absolute Gasteiger partial charge is 0.300 e. The fraction of sp³-hybridized carbons (Fsp3) is 0. The first-order valence-electron chi connectivity index (χ1n) is 5.81. The zero-order valence-electron chi connectivity index (χ0n) is 9.97. The van der Waals surface area contributed by atoms with Gasteiger partial charge in [0.25, 0.3) is 0 Å². The molecule has 0 aliphatic heterocycles. The highest BCUT2D eigenvalue weighted by Crippen LogP contribution is 2.16. The number of rotatable bonds is 3. The molecule has 0 saturated carbocycles. The van der Waals surface area contributed by atoms with Crippen molar-refractivity contribution in [3.8, 4) is 0 Å². The van der Waals surface area contributed by atoms with E-state index < -0.39 is 0 Å². The van der Waals surface area contributed by atoms with Crippen molar-refractivity contribution < 1.29 is 0 Å². The third-order valence-corrected chi connectivity index (χ3v) is 2.84. The average Bonchev–Trinajstić information content (AvgIpc) is 2.45. The highest BCUT2D eigenvalue weighted by atomic mass is 35.5. The van der Waals surface area contributed by atoms with E-state index in [0.717, 1.165) is 16.7 Å². The van der Waals surface area contributed by atoms with Gasteiger partial charge in [0.05, 0.1) is 22.9 Å². The minimum absolute atomic E-state index is 0.652. The molecule has 3 aromatic rings. The minimum Gasteiger partial charge on any atom is -0.300 e. The van der Waals surface area contributed by atoms with E-state index in [9.17, 15) is 0 Å². The van der Waals surface area contributed by atoms with Gasteiger partial charge in [-0.25, -0.2) is 4.98 Å². The van der Waals surface area contributed by atoms with Gasteiger partial charge in [0.1, 0.15) is 0 Å². The lowest BCUT2D eigenvalue weighted by Gasteiger charge is -2.09. The van der Waals surface area contributed by atoms with E-state index in [1.165, 1.54) is 0 Å². The molecule has 0 saturated heterocycles. The van der Waals surface area contributed by atoms with Gasteiger partial charge in [-0.2, -0.15) is 0 Å². The summed E-state index contributed by atoms with van der Waals surface area (Å²) in [5.41, 5.74) is 8.61. The van der Waals surface area contributed by atoms with Crippen LogP contribution in [0.1, 0.15) is 0 Å². The molecule has 4 nitrogen and oxygen atoms in total. The van der Waals surface area contributed by atoms with E-state index in [-0.39, 0.29) is 0 Å². The molecular formula is C14H11ClN4. The van der Waals surface area contributed by atoms with Crippen LogP contribution in [-0.4, -0.2) is 9.97 Å². The van der Waals surface area contributed by atoms with Crippen LogP contribution in [0.2, 0.25) is 5.02 Å². The molecule has 2 N–H and O–H groups in total. The topological polar surface area (TPSA) is 49.8 Å². The number of hydrazine groups is 1. The lowest BCUT2D eigenvalue weighted by Crippen LogP contribution is -2.10. The third kappa shape index (κ3) is 2.74. The summed E-state index contributed by atoms with van der Waals surface area (Å²) in [4.78, 5) is 8.76. The maximum atomic E-state index is 5.91. The molecule has 0 spiro atoms. The van der Waals surface area contributed by atoms with Gasteiger partial charge in [0.2, 0.25) is 0 Å². The number of halogens is 1. The Morgan fingerprint density at radius 3 is 2.58 bits per heavy atom. The van der Waals surface area contributed by atoms with Crippen molar-refractivity contribution in [1.29, 1.82) is 0 Å². The number of benzene rings is 2. The lowest BCUT2D eigenvalue weighted by atomic mass is 10.3. The van der Waals surface area contributed by atoms with Crippen LogP contribution in [0.5, 0.6) is 0 Å². The van der Waals surface area contributed by atoms with E-state index in [2.05, 4.69) is 20.8 Å². The number of nitrogens with zero attached hydrogens (tertiary/aromatic N) is 2. The first kappa shape index (κ1) is 11.7. The molecule has 0 aliphatic carbocycles. The summed E-state index contributed by atoms with van der Waals surface area (Å²) in [5, 5.41) is 0.677. The summed E-state index contributed by atoms with van der Waals surface area (Å²) in [5.74, 6) is 0.652. The second-order valence-electron chi connectivity index (χ2n) is 4.00.